The highest BCUT2D eigenvalue weighted by atomic mass is 16.2. The summed E-state index contributed by atoms with van der Waals surface area (Å²) in [6, 6.07) is 9.70. The Kier molecular flexibility index (Phi) is 5.08. The van der Waals surface area contributed by atoms with E-state index in [2.05, 4.69) is 10.4 Å². The van der Waals surface area contributed by atoms with E-state index in [-0.39, 0.29) is 18.4 Å². The van der Waals surface area contributed by atoms with E-state index in [0.717, 1.165) is 11.3 Å². The van der Waals surface area contributed by atoms with Crippen LogP contribution in [-0.2, 0) is 9.59 Å². The Bertz CT molecular complexity index is 676. The molecule has 0 spiro atoms. The molecule has 0 aliphatic carbocycles. The van der Waals surface area contributed by atoms with E-state index in [9.17, 15) is 9.59 Å². The Morgan fingerprint density at radius 1 is 1.32 bits per heavy atom. The lowest BCUT2D eigenvalue weighted by Crippen LogP contribution is -2.35. The standard InChI is InChI=1S/C16H18N4O2/c1-17-15(21)12-19(2)16(22)9-8-13-10-18-20(11-13)14-6-4-3-5-7-14/h3-11H,12H2,1-2H3,(H,17,21)/b9-8+. The number of carbonyl (C=O) groups is 2. The predicted octanol–water partition coefficient (Wildman–Crippen LogP) is 1.09. The van der Waals surface area contributed by atoms with Crippen molar-refractivity contribution in [2.45, 2.75) is 0 Å². The fraction of sp³-hybridized carbons (Fsp3) is 0.188. The molecule has 0 fully saturated rings. The van der Waals surface area contributed by atoms with Crippen LogP contribution in [0, 0.1) is 0 Å². The molecule has 2 rings (SSSR count). The molecule has 114 valence electrons. The molecule has 0 bridgehead atoms. The molecular formula is C16H18N4O2. The Morgan fingerprint density at radius 2 is 2.05 bits per heavy atom. The smallest absolute Gasteiger partial charge is 0.246 e. The van der Waals surface area contributed by atoms with Crippen LogP contribution < -0.4 is 5.32 Å². The summed E-state index contributed by atoms with van der Waals surface area (Å²) in [5.41, 5.74) is 1.76. The normalized spacial score (nSPS) is 10.6. The van der Waals surface area contributed by atoms with Gasteiger partial charge in [0.15, 0.2) is 0 Å². The second kappa shape index (κ2) is 7.21. The first-order chi connectivity index (χ1) is 10.6. The summed E-state index contributed by atoms with van der Waals surface area (Å²) in [6.07, 6.45) is 6.61. The fourth-order valence-corrected chi connectivity index (χ4v) is 1.81. The molecule has 0 aliphatic rings. The van der Waals surface area contributed by atoms with Gasteiger partial charge in [-0.2, -0.15) is 5.10 Å². The highest BCUT2D eigenvalue weighted by Gasteiger charge is 2.08. The first-order valence-electron chi connectivity index (χ1n) is 6.84. The van der Waals surface area contributed by atoms with Crippen LogP contribution >= 0.6 is 0 Å². The molecule has 0 radical (unpaired) electrons. The number of likely N-dealkylation sites (N-methyl/N-ethyl adjacent to an activating group) is 2. The number of nitrogens with zero attached hydrogens (tertiary/aromatic N) is 3. The van der Waals surface area contributed by atoms with E-state index in [1.54, 1.807) is 24.0 Å². The van der Waals surface area contributed by atoms with Gasteiger partial charge in [0.25, 0.3) is 0 Å². The SMILES string of the molecule is CNC(=O)CN(C)C(=O)/C=C/c1cnn(-c2ccccc2)c1. The van der Waals surface area contributed by atoms with E-state index < -0.39 is 0 Å². The Morgan fingerprint density at radius 3 is 2.73 bits per heavy atom. The van der Waals surface area contributed by atoms with E-state index in [4.69, 9.17) is 0 Å². The monoisotopic (exact) mass is 298 g/mol. The number of benzene rings is 1. The topological polar surface area (TPSA) is 67.2 Å². The third kappa shape index (κ3) is 4.05. The average molecular weight is 298 g/mol. The summed E-state index contributed by atoms with van der Waals surface area (Å²) in [6.45, 7) is 0.0307. The fourth-order valence-electron chi connectivity index (χ4n) is 1.81. The van der Waals surface area contributed by atoms with Crippen LogP contribution in [0.4, 0.5) is 0 Å². The molecule has 0 saturated carbocycles. The summed E-state index contributed by atoms with van der Waals surface area (Å²) in [5.74, 6) is -0.447. The third-order valence-corrected chi connectivity index (χ3v) is 3.08. The minimum Gasteiger partial charge on any atom is -0.358 e. The van der Waals surface area contributed by atoms with Gasteiger partial charge in [0.1, 0.15) is 0 Å². The molecule has 1 heterocycles. The first-order valence-corrected chi connectivity index (χ1v) is 6.84. The maximum Gasteiger partial charge on any atom is 0.246 e. The predicted molar refractivity (Wildman–Crippen MR) is 84.3 cm³/mol. The van der Waals surface area contributed by atoms with Crippen molar-refractivity contribution in [2.75, 3.05) is 20.6 Å². The number of carbonyl (C=O) groups excluding carboxylic acids is 2. The molecule has 2 aromatic rings. The Labute approximate surface area is 129 Å². The molecule has 0 aliphatic heterocycles. The van der Waals surface area contributed by atoms with Crippen molar-refractivity contribution in [3.05, 3.63) is 54.4 Å². The van der Waals surface area contributed by atoms with Gasteiger partial charge >= 0.3 is 0 Å². The highest BCUT2D eigenvalue weighted by molar-refractivity contribution is 5.94. The third-order valence-electron chi connectivity index (χ3n) is 3.08. The minimum atomic E-state index is -0.240. The molecule has 0 atom stereocenters. The number of nitrogens with one attached hydrogen (secondary N) is 1. The van der Waals surface area contributed by atoms with Gasteiger partial charge in [0.2, 0.25) is 11.8 Å². The van der Waals surface area contributed by atoms with Crippen LogP contribution in [0.5, 0.6) is 0 Å². The molecule has 1 aromatic carbocycles. The molecule has 22 heavy (non-hydrogen) atoms. The zero-order valence-corrected chi connectivity index (χ0v) is 12.6. The van der Waals surface area contributed by atoms with Gasteiger partial charge in [-0.25, -0.2) is 4.68 Å². The Hall–Kier alpha value is -2.89. The number of rotatable bonds is 5. The van der Waals surface area contributed by atoms with Crippen LogP contribution in [-0.4, -0.2) is 47.1 Å². The summed E-state index contributed by atoms with van der Waals surface area (Å²) < 4.78 is 1.73. The van der Waals surface area contributed by atoms with Crippen molar-refractivity contribution in [2.24, 2.45) is 0 Å². The molecule has 0 saturated heterocycles. The van der Waals surface area contributed by atoms with Crippen molar-refractivity contribution < 1.29 is 9.59 Å². The molecule has 6 nitrogen and oxygen atoms in total. The Balaban J connectivity index is 2.00. The molecule has 0 unspecified atom stereocenters. The van der Waals surface area contributed by atoms with Crippen molar-refractivity contribution >= 4 is 17.9 Å². The van der Waals surface area contributed by atoms with Crippen LogP contribution in [0.1, 0.15) is 5.56 Å². The van der Waals surface area contributed by atoms with Gasteiger partial charge in [-0.05, 0) is 18.2 Å². The van der Waals surface area contributed by atoms with Crippen LogP contribution in [0.15, 0.2) is 48.8 Å². The van der Waals surface area contributed by atoms with Gasteiger partial charge < -0.3 is 10.2 Å². The number of aromatic nitrogens is 2. The van der Waals surface area contributed by atoms with Gasteiger partial charge in [-0.1, -0.05) is 18.2 Å². The van der Waals surface area contributed by atoms with Crippen LogP contribution in [0.2, 0.25) is 0 Å². The van der Waals surface area contributed by atoms with E-state index >= 15 is 0 Å². The second-order valence-corrected chi connectivity index (χ2v) is 4.75. The molecule has 2 amide bonds. The average Bonchev–Trinajstić information content (AvgIpc) is 3.02. The lowest BCUT2D eigenvalue weighted by atomic mass is 10.3. The maximum atomic E-state index is 11.9. The zero-order chi connectivity index (χ0) is 15.9. The minimum absolute atomic E-state index is 0.0307. The van der Waals surface area contributed by atoms with Crippen molar-refractivity contribution in [1.29, 1.82) is 0 Å². The summed E-state index contributed by atoms with van der Waals surface area (Å²) >= 11 is 0. The van der Waals surface area contributed by atoms with E-state index in [0.29, 0.717) is 0 Å². The van der Waals surface area contributed by atoms with Gasteiger partial charge in [0.05, 0.1) is 18.4 Å². The van der Waals surface area contributed by atoms with Crippen molar-refractivity contribution in [1.82, 2.24) is 20.0 Å². The van der Waals surface area contributed by atoms with E-state index in [1.807, 2.05) is 36.5 Å². The highest BCUT2D eigenvalue weighted by Crippen LogP contribution is 2.08. The lowest BCUT2D eigenvalue weighted by Gasteiger charge is -2.13. The van der Waals surface area contributed by atoms with Gasteiger partial charge in [0, 0.05) is 31.9 Å². The maximum absolute atomic E-state index is 11.9. The summed E-state index contributed by atoms with van der Waals surface area (Å²) in [7, 11) is 3.11. The number of hydrogen-bond acceptors (Lipinski definition) is 3. The summed E-state index contributed by atoms with van der Waals surface area (Å²) in [4.78, 5) is 24.4. The number of hydrogen-bond donors (Lipinski definition) is 1. The largest absolute Gasteiger partial charge is 0.358 e. The first kappa shape index (κ1) is 15.5. The number of para-hydroxylation sites is 1. The molecule has 1 aromatic heterocycles. The number of amides is 2. The van der Waals surface area contributed by atoms with Crippen molar-refractivity contribution in [3.8, 4) is 5.69 Å². The summed E-state index contributed by atoms with van der Waals surface area (Å²) in [5, 5.41) is 6.72. The second-order valence-electron chi connectivity index (χ2n) is 4.75. The van der Waals surface area contributed by atoms with Gasteiger partial charge in [-0.3, -0.25) is 9.59 Å². The van der Waals surface area contributed by atoms with Gasteiger partial charge in [-0.15, -0.1) is 0 Å². The van der Waals surface area contributed by atoms with Crippen LogP contribution in [0.25, 0.3) is 11.8 Å². The molecule has 1 N–H and O–H groups in total. The van der Waals surface area contributed by atoms with Crippen LogP contribution in [0.3, 0.4) is 0 Å². The molecular weight excluding hydrogens is 280 g/mol. The lowest BCUT2D eigenvalue weighted by molar-refractivity contribution is -0.130. The quantitative estimate of drug-likeness (QED) is 0.840. The van der Waals surface area contributed by atoms with Crippen molar-refractivity contribution in [3.63, 3.8) is 0 Å². The zero-order valence-electron chi connectivity index (χ0n) is 12.6. The molecule has 6 heteroatoms. The van der Waals surface area contributed by atoms with E-state index in [1.165, 1.54) is 18.0 Å².